The van der Waals surface area contributed by atoms with Crippen LogP contribution in [-0.2, 0) is 9.59 Å². The molecule has 1 rings (SSSR count). The Hall–Kier alpha value is -1.88. The number of amides is 2. The molecule has 0 aromatic heterocycles. The van der Waals surface area contributed by atoms with Gasteiger partial charge in [0, 0.05) is 24.2 Å². The summed E-state index contributed by atoms with van der Waals surface area (Å²) in [6, 6.07) is 5.41. The van der Waals surface area contributed by atoms with Crippen LogP contribution in [0, 0.1) is 12.8 Å². The standard InChI is InChI=1S/C14H21N3O2/c1-9-4-5-12(16-11(3)18)8-13(9)17-14(19)10(2)6-7-15/h4-5,8,10H,6-7,15H2,1-3H3,(H,16,18)(H,17,19). The Morgan fingerprint density at radius 1 is 1.32 bits per heavy atom. The molecule has 0 spiro atoms. The second kappa shape index (κ2) is 6.89. The smallest absolute Gasteiger partial charge is 0.227 e. The summed E-state index contributed by atoms with van der Waals surface area (Å²) in [5.41, 5.74) is 7.76. The minimum Gasteiger partial charge on any atom is -0.330 e. The van der Waals surface area contributed by atoms with Crippen molar-refractivity contribution >= 4 is 23.2 Å². The number of benzene rings is 1. The lowest BCUT2D eigenvalue weighted by atomic mass is 10.1. The third kappa shape index (κ3) is 4.71. The third-order valence-corrected chi connectivity index (χ3v) is 2.86. The minimum absolute atomic E-state index is 0.0616. The number of nitrogens with one attached hydrogen (secondary N) is 2. The molecule has 0 bridgehead atoms. The van der Waals surface area contributed by atoms with Gasteiger partial charge in [-0.25, -0.2) is 0 Å². The third-order valence-electron chi connectivity index (χ3n) is 2.86. The lowest BCUT2D eigenvalue weighted by Gasteiger charge is -2.14. The summed E-state index contributed by atoms with van der Waals surface area (Å²) in [7, 11) is 0. The van der Waals surface area contributed by atoms with Gasteiger partial charge in [0.15, 0.2) is 0 Å². The van der Waals surface area contributed by atoms with E-state index in [0.717, 1.165) is 5.56 Å². The Morgan fingerprint density at radius 2 is 2.00 bits per heavy atom. The molecular weight excluding hydrogens is 242 g/mol. The minimum atomic E-state index is -0.141. The van der Waals surface area contributed by atoms with Gasteiger partial charge in [0.2, 0.25) is 11.8 Å². The van der Waals surface area contributed by atoms with E-state index in [9.17, 15) is 9.59 Å². The van der Waals surface area contributed by atoms with Gasteiger partial charge in [0.05, 0.1) is 0 Å². The summed E-state index contributed by atoms with van der Waals surface area (Å²) >= 11 is 0. The van der Waals surface area contributed by atoms with Gasteiger partial charge in [0.25, 0.3) is 0 Å². The normalized spacial score (nSPS) is 11.8. The molecule has 5 heteroatoms. The van der Waals surface area contributed by atoms with Crippen LogP contribution in [0.4, 0.5) is 11.4 Å². The van der Waals surface area contributed by atoms with Crippen molar-refractivity contribution in [3.63, 3.8) is 0 Å². The van der Waals surface area contributed by atoms with E-state index in [1.54, 1.807) is 12.1 Å². The molecule has 1 atom stereocenters. The van der Waals surface area contributed by atoms with Crippen LogP contribution < -0.4 is 16.4 Å². The molecular formula is C14H21N3O2. The van der Waals surface area contributed by atoms with Crippen LogP contribution in [0.15, 0.2) is 18.2 Å². The van der Waals surface area contributed by atoms with Crippen molar-refractivity contribution in [3.05, 3.63) is 23.8 Å². The number of anilines is 2. The Bertz CT molecular complexity index is 472. The van der Waals surface area contributed by atoms with Crippen LogP contribution >= 0.6 is 0 Å². The van der Waals surface area contributed by atoms with E-state index in [1.165, 1.54) is 6.92 Å². The van der Waals surface area contributed by atoms with Gasteiger partial charge < -0.3 is 16.4 Å². The number of carbonyl (C=O) groups is 2. The summed E-state index contributed by atoms with van der Waals surface area (Å²) in [6.45, 7) is 5.68. The Labute approximate surface area is 113 Å². The molecule has 5 nitrogen and oxygen atoms in total. The van der Waals surface area contributed by atoms with Gasteiger partial charge in [0.1, 0.15) is 0 Å². The fraction of sp³-hybridized carbons (Fsp3) is 0.429. The highest BCUT2D eigenvalue weighted by Gasteiger charge is 2.13. The second-order valence-corrected chi connectivity index (χ2v) is 4.68. The highest BCUT2D eigenvalue weighted by atomic mass is 16.2. The number of aryl methyl sites for hydroxylation is 1. The number of carbonyl (C=O) groups excluding carboxylic acids is 2. The number of rotatable bonds is 5. The van der Waals surface area contributed by atoms with Crippen molar-refractivity contribution in [3.8, 4) is 0 Å². The van der Waals surface area contributed by atoms with Gasteiger partial charge in [-0.05, 0) is 37.6 Å². The summed E-state index contributed by atoms with van der Waals surface area (Å²) < 4.78 is 0. The van der Waals surface area contributed by atoms with Gasteiger partial charge in [-0.2, -0.15) is 0 Å². The molecule has 4 N–H and O–H groups in total. The first-order valence-electron chi connectivity index (χ1n) is 6.33. The molecule has 0 radical (unpaired) electrons. The van der Waals surface area contributed by atoms with E-state index >= 15 is 0 Å². The zero-order valence-electron chi connectivity index (χ0n) is 11.6. The Morgan fingerprint density at radius 3 is 2.58 bits per heavy atom. The molecule has 2 amide bonds. The topological polar surface area (TPSA) is 84.2 Å². The molecule has 104 valence electrons. The van der Waals surface area contributed by atoms with E-state index < -0.39 is 0 Å². The summed E-state index contributed by atoms with van der Waals surface area (Å²) in [6.07, 6.45) is 0.649. The van der Waals surface area contributed by atoms with Crippen LogP contribution in [-0.4, -0.2) is 18.4 Å². The van der Waals surface area contributed by atoms with Crippen LogP contribution in [0.2, 0.25) is 0 Å². The molecule has 0 aliphatic carbocycles. The summed E-state index contributed by atoms with van der Waals surface area (Å²) in [5, 5.41) is 5.55. The van der Waals surface area contributed by atoms with Crippen molar-refractivity contribution in [2.24, 2.45) is 11.7 Å². The van der Waals surface area contributed by atoms with Crippen molar-refractivity contribution in [1.29, 1.82) is 0 Å². The van der Waals surface area contributed by atoms with E-state index in [4.69, 9.17) is 5.73 Å². The molecule has 0 saturated heterocycles. The van der Waals surface area contributed by atoms with Crippen LogP contribution in [0.3, 0.4) is 0 Å². The maximum atomic E-state index is 11.9. The fourth-order valence-corrected chi connectivity index (χ4v) is 1.67. The van der Waals surface area contributed by atoms with Gasteiger partial charge in [-0.1, -0.05) is 13.0 Å². The maximum absolute atomic E-state index is 11.9. The fourth-order valence-electron chi connectivity index (χ4n) is 1.67. The summed E-state index contributed by atoms with van der Waals surface area (Å²) in [4.78, 5) is 22.9. The quantitative estimate of drug-likeness (QED) is 0.758. The number of hydrogen-bond donors (Lipinski definition) is 3. The Balaban J connectivity index is 2.82. The van der Waals surface area contributed by atoms with E-state index in [2.05, 4.69) is 10.6 Å². The first-order chi connectivity index (χ1) is 8.93. The highest BCUT2D eigenvalue weighted by Crippen LogP contribution is 2.21. The molecule has 0 aliphatic rings. The SMILES string of the molecule is CC(=O)Nc1ccc(C)c(NC(=O)C(C)CCN)c1. The lowest BCUT2D eigenvalue weighted by molar-refractivity contribution is -0.119. The lowest BCUT2D eigenvalue weighted by Crippen LogP contribution is -2.23. The molecule has 0 fully saturated rings. The Kier molecular flexibility index (Phi) is 5.51. The average Bonchev–Trinajstić information content (AvgIpc) is 2.33. The molecule has 0 saturated carbocycles. The summed E-state index contributed by atoms with van der Waals surface area (Å²) in [5.74, 6) is -0.333. The van der Waals surface area contributed by atoms with Crippen LogP contribution in [0.1, 0.15) is 25.8 Å². The second-order valence-electron chi connectivity index (χ2n) is 4.68. The monoisotopic (exact) mass is 263 g/mol. The van der Waals surface area contributed by atoms with Crippen LogP contribution in [0.25, 0.3) is 0 Å². The zero-order chi connectivity index (χ0) is 14.4. The zero-order valence-corrected chi connectivity index (χ0v) is 11.6. The number of hydrogen-bond acceptors (Lipinski definition) is 3. The molecule has 1 unspecified atom stereocenters. The average molecular weight is 263 g/mol. The predicted molar refractivity (Wildman–Crippen MR) is 76.9 cm³/mol. The largest absolute Gasteiger partial charge is 0.330 e. The van der Waals surface area contributed by atoms with Gasteiger partial charge in [-0.3, -0.25) is 9.59 Å². The van der Waals surface area contributed by atoms with Crippen molar-refractivity contribution in [1.82, 2.24) is 0 Å². The number of nitrogens with two attached hydrogens (primary N) is 1. The first kappa shape index (κ1) is 15.2. The maximum Gasteiger partial charge on any atom is 0.227 e. The molecule has 0 aliphatic heterocycles. The van der Waals surface area contributed by atoms with Gasteiger partial charge >= 0.3 is 0 Å². The molecule has 0 heterocycles. The van der Waals surface area contributed by atoms with Crippen molar-refractivity contribution in [2.75, 3.05) is 17.2 Å². The van der Waals surface area contributed by atoms with E-state index in [-0.39, 0.29) is 17.7 Å². The van der Waals surface area contributed by atoms with Gasteiger partial charge in [-0.15, -0.1) is 0 Å². The van der Waals surface area contributed by atoms with E-state index in [1.807, 2.05) is 19.9 Å². The molecule has 19 heavy (non-hydrogen) atoms. The molecule has 1 aromatic rings. The molecule has 1 aromatic carbocycles. The predicted octanol–water partition coefficient (Wildman–Crippen LogP) is 1.88. The highest BCUT2D eigenvalue weighted by molar-refractivity contribution is 5.95. The first-order valence-corrected chi connectivity index (χ1v) is 6.33. The van der Waals surface area contributed by atoms with Crippen molar-refractivity contribution < 1.29 is 9.59 Å². The van der Waals surface area contributed by atoms with Crippen molar-refractivity contribution in [2.45, 2.75) is 27.2 Å². The van der Waals surface area contributed by atoms with Crippen LogP contribution in [0.5, 0.6) is 0 Å². The van der Waals surface area contributed by atoms with E-state index in [0.29, 0.717) is 24.3 Å².